The van der Waals surface area contributed by atoms with E-state index in [4.69, 9.17) is 9.84 Å². The lowest BCUT2D eigenvalue weighted by Gasteiger charge is -2.12. The Morgan fingerprint density at radius 3 is 2.86 bits per heavy atom. The summed E-state index contributed by atoms with van der Waals surface area (Å²) in [5, 5.41) is 12.2. The van der Waals surface area contributed by atoms with E-state index in [0.29, 0.717) is 12.2 Å². The zero-order valence-corrected chi connectivity index (χ0v) is 12.1. The third kappa shape index (κ3) is 3.51. The van der Waals surface area contributed by atoms with E-state index in [-0.39, 0.29) is 5.56 Å². The number of carbonyl (C=O) groups is 1. The van der Waals surface area contributed by atoms with Gasteiger partial charge in [0.05, 0.1) is 24.6 Å². The molecular weight excluding hydrogens is 268 g/mol. The van der Waals surface area contributed by atoms with E-state index in [2.05, 4.69) is 17.2 Å². The molecule has 2 rings (SSSR count). The Morgan fingerprint density at radius 2 is 2.19 bits per heavy atom. The second kappa shape index (κ2) is 6.74. The molecule has 110 valence electrons. The molecule has 21 heavy (non-hydrogen) atoms. The Morgan fingerprint density at radius 1 is 1.38 bits per heavy atom. The number of hydrogen-bond acceptors (Lipinski definition) is 4. The first kappa shape index (κ1) is 14.8. The predicted octanol–water partition coefficient (Wildman–Crippen LogP) is 2.96. The zero-order valence-electron chi connectivity index (χ0n) is 12.1. The third-order valence-corrected chi connectivity index (χ3v) is 3.27. The van der Waals surface area contributed by atoms with Gasteiger partial charge in [-0.3, -0.25) is 4.98 Å². The van der Waals surface area contributed by atoms with Crippen LogP contribution >= 0.6 is 0 Å². The number of carboxylic acid groups (broad SMARTS) is 1. The van der Waals surface area contributed by atoms with Crippen LogP contribution in [0.4, 0.5) is 5.69 Å². The molecular formula is C16H18N2O3. The highest BCUT2D eigenvalue weighted by Crippen LogP contribution is 2.22. The first-order valence-electron chi connectivity index (χ1n) is 6.72. The van der Waals surface area contributed by atoms with Gasteiger partial charge in [-0.05, 0) is 29.7 Å². The van der Waals surface area contributed by atoms with Crippen molar-refractivity contribution < 1.29 is 14.6 Å². The van der Waals surface area contributed by atoms with Crippen molar-refractivity contribution in [1.29, 1.82) is 0 Å². The summed E-state index contributed by atoms with van der Waals surface area (Å²) in [5.74, 6) is -0.125. The van der Waals surface area contributed by atoms with Crippen LogP contribution in [0.3, 0.4) is 0 Å². The summed E-state index contributed by atoms with van der Waals surface area (Å²) in [6.07, 6.45) is 3.89. The normalized spacial score (nSPS) is 10.2. The molecule has 0 aliphatic rings. The maximum atomic E-state index is 11.1. The summed E-state index contributed by atoms with van der Waals surface area (Å²) in [6.45, 7) is 2.58. The molecule has 1 heterocycles. The summed E-state index contributed by atoms with van der Waals surface area (Å²) in [5.41, 5.74) is 2.88. The zero-order chi connectivity index (χ0) is 15.2. The van der Waals surface area contributed by atoms with Crippen LogP contribution in [-0.2, 0) is 13.0 Å². The minimum Gasteiger partial charge on any atom is -0.496 e. The molecule has 0 saturated heterocycles. The van der Waals surface area contributed by atoms with Gasteiger partial charge in [0.2, 0.25) is 0 Å². The van der Waals surface area contributed by atoms with Gasteiger partial charge in [0.25, 0.3) is 0 Å². The van der Waals surface area contributed by atoms with Gasteiger partial charge in [-0.25, -0.2) is 4.79 Å². The van der Waals surface area contributed by atoms with Gasteiger partial charge in [-0.1, -0.05) is 19.1 Å². The molecule has 0 radical (unpaired) electrons. The molecule has 0 bridgehead atoms. The number of aryl methyl sites for hydroxylation is 1. The van der Waals surface area contributed by atoms with Crippen molar-refractivity contribution in [3.63, 3.8) is 0 Å². The van der Waals surface area contributed by atoms with E-state index in [0.717, 1.165) is 23.3 Å². The molecule has 0 spiro atoms. The van der Waals surface area contributed by atoms with Crippen molar-refractivity contribution in [3.05, 3.63) is 53.3 Å². The summed E-state index contributed by atoms with van der Waals surface area (Å²) >= 11 is 0. The molecule has 0 fully saturated rings. The highest BCUT2D eigenvalue weighted by atomic mass is 16.5. The molecule has 0 unspecified atom stereocenters. The van der Waals surface area contributed by atoms with E-state index in [1.54, 1.807) is 7.11 Å². The fraction of sp³-hybridized carbons (Fsp3) is 0.250. The molecule has 0 aliphatic carbocycles. The first-order valence-corrected chi connectivity index (χ1v) is 6.72. The summed E-state index contributed by atoms with van der Waals surface area (Å²) in [4.78, 5) is 15.1. The van der Waals surface area contributed by atoms with Gasteiger partial charge in [0.1, 0.15) is 5.75 Å². The number of nitrogens with zero attached hydrogens (tertiary/aromatic N) is 1. The summed E-state index contributed by atoms with van der Waals surface area (Å²) in [7, 11) is 1.65. The number of aromatic carboxylic acids is 1. The minimum atomic E-state index is -0.973. The number of nitrogens with one attached hydrogen (secondary N) is 1. The Bertz CT molecular complexity index is 641. The highest BCUT2D eigenvalue weighted by molar-refractivity contribution is 5.93. The largest absolute Gasteiger partial charge is 0.496 e. The van der Waals surface area contributed by atoms with E-state index >= 15 is 0 Å². The van der Waals surface area contributed by atoms with Crippen LogP contribution < -0.4 is 10.1 Å². The smallest absolute Gasteiger partial charge is 0.337 e. The molecule has 1 aromatic carbocycles. The van der Waals surface area contributed by atoms with Crippen molar-refractivity contribution in [2.75, 3.05) is 12.4 Å². The lowest BCUT2D eigenvalue weighted by Crippen LogP contribution is -2.07. The Balaban J connectivity index is 2.15. The van der Waals surface area contributed by atoms with E-state index < -0.39 is 5.97 Å². The lowest BCUT2D eigenvalue weighted by atomic mass is 10.1. The van der Waals surface area contributed by atoms with Crippen molar-refractivity contribution in [2.45, 2.75) is 19.9 Å². The van der Waals surface area contributed by atoms with Crippen molar-refractivity contribution >= 4 is 11.7 Å². The van der Waals surface area contributed by atoms with Gasteiger partial charge in [0.15, 0.2) is 0 Å². The molecule has 2 aromatic rings. The Kier molecular flexibility index (Phi) is 4.77. The predicted molar refractivity (Wildman–Crippen MR) is 80.9 cm³/mol. The maximum absolute atomic E-state index is 11.1. The average molecular weight is 286 g/mol. The maximum Gasteiger partial charge on any atom is 0.337 e. The number of carboxylic acids is 1. The van der Waals surface area contributed by atoms with Crippen LogP contribution in [0.15, 0.2) is 36.7 Å². The topological polar surface area (TPSA) is 71.5 Å². The quantitative estimate of drug-likeness (QED) is 0.854. The number of rotatable bonds is 6. The van der Waals surface area contributed by atoms with Crippen molar-refractivity contribution in [1.82, 2.24) is 4.98 Å². The average Bonchev–Trinajstić information content (AvgIpc) is 2.52. The lowest BCUT2D eigenvalue weighted by molar-refractivity contribution is 0.0698. The van der Waals surface area contributed by atoms with Crippen LogP contribution in [0.5, 0.6) is 5.75 Å². The van der Waals surface area contributed by atoms with E-state index in [1.807, 2.05) is 18.2 Å². The number of methoxy groups -OCH3 is 1. The second-order valence-corrected chi connectivity index (χ2v) is 4.58. The SMILES string of the molecule is CCc1ccc(CNc2cnccc2C(=O)O)cc1OC. The van der Waals surface area contributed by atoms with Gasteiger partial charge >= 0.3 is 5.97 Å². The van der Waals surface area contributed by atoms with Gasteiger partial charge in [-0.2, -0.15) is 0 Å². The molecule has 0 saturated carbocycles. The number of ether oxygens (including phenoxy) is 1. The van der Waals surface area contributed by atoms with Gasteiger partial charge in [-0.15, -0.1) is 0 Å². The number of hydrogen-bond donors (Lipinski definition) is 2. The molecule has 0 atom stereocenters. The molecule has 5 heteroatoms. The van der Waals surface area contributed by atoms with E-state index in [1.165, 1.54) is 18.5 Å². The highest BCUT2D eigenvalue weighted by Gasteiger charge is 2.09. The molecule has 1 aromatic heterocycles. The van der Waals surface area contributed by atoms with Gasteiger partial charge in [0, 0.05) is 12.7 Å². The van der Waals surface area contributed by atoms with Crippen molar-refractivity contribution in [3.8, 4) is 5.75 Å². The summed E-state index contributed by atoms with van der Waals surface area (Å²) in [6, 6.07) is 7.47. The first-order chi connectivity index (χ1) is 10.2. The fourth-order valence-corrected chi connectivity index (χ4v) is 2.11. The standard InChI is InChI=1S/C16H18N2O3/c1-3-12-5-4-11(8-15(12)21-2)9-18-14-10-17-7-6-13(14)16(19)20/h4-8,10,18H,3,9H2,1-2H3,(H,19,20). The molecule has 2 N–H and O–H groups in total. The summed E-state index contributed by atoms with van der Waals surface area (Å²) < 4.78 is 5.36. The van der Waals surface area contributed by atoms with Crippen LogP contribution in [0.25, 0.3) is 0 Å². The minimum absolute atomic E-state index is 0.210. The fourth-order valence-electron chi connectivity index (χ4n) is 2.11. The van der Waals surface area contributed by atoms with Crippen LogP contribution in [0.1, 0.15) is 28.4 Å². The number of pyridine rings is 1. The molecule has 0 amide bonds. The van der Waals surface area contributed by atoms with Crippen LogP contribution in [0.2, 0.25) is 0 Å². The molecule has 0 aliphatic heterocycles. The Labute approximate surface area is 123 Å². The van der Waals surface area contributed by atoms with Crippen LogP contribution in [0, 0.1) is 0 Å². The molecule has 5 nitrogen and oxygen atoms in total. The monoisotopic (exact) mass is 286 g/mol. The third-order valence-electron chi connectivity index (χ3n) is 3.27. The second-order valence-electron chi connectivity index (χ2n) is 4.58. The number of benzene rings is 1. The van der Waals surface area contributed by atoms with Crippen molar-refractivity contribution in [2.24, 2.45) is 0 Å². The number of anilines is 1. The van der Waals surface area contributed by atoms with Crippen LogP contribution in [-0.4, -0.2) is 23.2 Å². The Hall–Kier alpha value is -2.56. The van der Waals surface area contributed by atoms with E-state index in [9.17, 15) is 4.79 Å². The number of aromatic nitrogens is 1. The van der Waals surface area contributed by atoms with Gasteiger partial charge < -0.3 is 15.2 Å².